The number of nitrogens with zero attached hydrogens (tertiary/aromatic N) is 2. The molecule has 0 aliphatic heterocycles. The lowest BCUT2D eigenvalue weighted by atomic mass is 10.2. The van der Waals surface area contributed by atoms with Crippen molar-refractivity contribution < 1.29 is 4.74 Å². The Morgan fingerprint density at radius 2 is 1.92 bits per heavy atom. The molecule has 1 aromatic heterocycles. The van der Waals surface area contributed by atoms with Gasteiger partial charge < -0.3 is 9.72 Å². The van der Waals surface area contributed by atoms with Gasteiger partial charge in [-0.05, 0) is 36.9 Å². The summed E-state index contributed by atoms with van der Waals surface area (Å²) in [5.41, 5.74) is 1.78. The van der Waals surface area contributed by atoms with E-state index in [1.54, 1.807) is 12.1 Å². The molecule has 0 radical (unpaired) electrons. The minimum atomic E-state index is -0.0993. The van der Waals surface area contributed by atoms with Gasteiger partial charge in [0.1, 0.15) is 18.2 Å². The van der Waals surface area contributed by atoms with Crippen LogP contribution in [0.4, 0.5) is 0 Å². The first-order valence-electron chi connectivity index (χ1n) is 8.15. The SMILES string of the molecule is C=CCOc1ccc(CN(C)Cc2nc3ccccc3c(=O)[nH]2)cc1. The molecule has 0 atom stereocenters. The summed E-state index contributed by atoms with van der Waals surface area (Å²) in [6.07, 6.45) is 1.72. The highest BCUT2D eigenvalue weighted by atomic mass is 16.5. The Balaban J connectivity index is 1.67. The smallest absolute Gasteiger partial charge is 0.258 e. The van der Waals surface area contributed by atoms with E-state index in [-0.39, 0.29) is 5.56 Å². The average Bonchev–Trinajstić information content (AvgIpc) is 2.61. The van der Waals surface area contributed by atoms with Gasteiger partial charge in [0, 0.05) is 6.54 Å². The van der Waals surface area contributed by atoms with Crippen molar-refractivity contribution in [2.24, 2.45) is 0 Å². The minimum Gasteiger partial charge on any atom is -0.490 e. The van der Waals surface area contributed by atoms with Crippen LogP contribution in [0, 0.1) is 0 Å². The summed E-state index contributed by atoms with van der Waals surface area (Å²) >= 11 is 0. The fraction of sp³-hybridized carbons (Fsp3) is 0.200. The molecule has 0 saturated carbocycles. The first-order valence-corrected chi connectivity index (χ1v) is 8.15. The molecule has 0 aliphatic rings. The average molecular weight is 335 g/mol. The Morgan fingerprint density at radius 3 is 2.68 bits per heavy atom. The van der Waals surface area contributed by atoms with Gasteiger partial charge in [-0.2, -0.15) is 0 Å². The third-order valence-corrected chi connectivity index (χ3v) is 3.83. The molecule has 0 fully saturated rings. The maximum absolute atomic E-state index is 12.1. The van der Waals surface area contributed by atoms with Crippen LogP contribution >= 0.6 is 0 Å². The van der Waals surface area contributed by atoms with Gasteiger partial charge in [-0.15, -0.1) is 0 Å². The highest BCUT2D eigenvalue weighted by molar-refractivity contribution is 5.77. The van der Waals surface area contributed by atoms with Crippen molar-refractivity contribution in [2.75, 3.05) is 13.7 Å². The second-order valence-electron chi connectivity index (χ2n) is 5.95. The van der Waals surface area contributed by atoms with Crippen molar-refractivity contribution in [3.63, 3.8) is 0 Å². The van der Waals surface area contributed by atoms with Crippen molar-refractivity contribution in [2.45, 2.75) is 13.1 Å². The second-order valence-corrected chi connectivity index (χ2v) is 5.95. The number of rotatable bonds is 7. The molecule has 3 rings (SSSR count). The summed E-state index contributed by atoms with van der Waals surface area (Å²) in [5, 5.41) is 0.615. The molecule has 0 saturated heterocycles. The number of H-pyrrole nitrogens is 1. The zero-order valence-electron chi connectivity index (χ0n) is 14.2. The summed E-state index contributed by atoms with van der Waals surface area (Å²) in [5.74, 6) is 1.49. The van der Waals surface area contributed by atoms with Crippen LogP contribution in [0.2, 0.25) is 0 Å². The molecule has 5 nitrogen and oxygen atoms in total. The predicted octanol–water partition coefficient (Wildman–Crippen LogP) is 3.12. The van der Waals surface area contributed by atoms with Gasteiger partial charge in [0.2, 0.25) is 0 Å². The Hall–Kier alpha value is -2.92. The quantitative estimate of drug-likeness (QED) is 0.674. The van der Waals surface area contributed by atoms with E-state index in [1.165, 1.54) is 0 Å². The van der Waals surface area contributed by atoms with E-state index in [0.717, 1.165) is 23.4 Å². The molecule has 0 bridgehead atoms. The summed E-state index contributed by atoms with van der Waals surface area (Å²) in [6.45, 7) is 5.45. The van der Waals surface area contributed by atoms with E-state index >= 15 is 0 Å². The Labute approximate surface area is 146 Å². The standard InChI is InChI=1S/C20H21N3O2/c1-3-12-25-16-10-8-15(9-11-16)13-23(2)14-19-21-18-7-5-4-6-17(18)20(24)22-19/h3-11H,1,12-14H2,2H3,(H,21,22,24). The van der Waals surface area contributed by atoms with Gasteiger partial charge in [0.05, 0.1) is 17.4 Å². The molecule has 0 amide bonds. The zero-order chi connectivity index (χ0) is 17.6. The monoisotopic (exact) mass is 335 g/mol. The van der Waals surface area contributed by atoms with Crippen LogP contribution in [0.15, 0.2) is 66.0 Å². The van der Waals surface area contributed by atoms with Gasteiger partial charge in [-0.1, -0.05) is 36.9 Å². The van der Waals surface area contributed by atoms with Gasteiger partial charge in [-0.25, -0.2) is 4.98 Å². The summed E-state index contributed by atoms with van der Waals surface area (Å²) in [7, 11) is 2.00. The van der Waals surface area contributed by atoms with E-state index < -0.39 is 0 Å². The lowest BCUT2D eigenvalue weighted by Crippen LogP contribution is -2.21. The molecule has 3 aromatic rings. The zero-order valence-corrected chi connectivity index (χ0v) is 14.2. The van der Waals surface area contributed by atoms with Crippen LogP contribution in [0.1, 0.15) is 11.4 Å². The fourth-order valence-electron chi connectivity index (χ4n) is 2.68. The number of aromatic nitrogens is 2. The maximum atomic E-state index is 12.1. The van der Waals surface area contributed by atoms with Crippen LogP contribution in [0.5, 0.6) is 5.75 Å². The molecule has 25 heavy (non-hydrogen) atoms. The number of nitrogens with one attached hydrogen (secondary N) is 1. The van der Waals surface area contributed by atoms with Crippen LogP contribution in [-0.4, -0.2) is 28.5 Å². The Kier molecular flexibility index (Phi) is 5.26. The van der Waals surface area contributed by atoms with Crippen molar-refractivity contribution >= 4 is 10.9 Å². The molecule has 0 spiro atoms. The molecular formula is C20H21N3O2. The van der Waals surface area contributed by atoms with E-state index in [4.69, 9.17) is 4.74 Å². The van der Waals surface area contributed by atoms with Gasteiger partial charge >= 0.3 is 0 Å². The van der Waals surface area contributed by atoms with E-state index in [2.05, 4.69) is 21.4 Å². The normalized spacial score (nSPS) is 11.0. The third kappa shape index (κ3) is 4.33. The van der Waals surface area contributed by atoms with Gasteiger partial charge in [0.15, 0.2) is 0 Å². The van der Waals surface area contributed by atoms with Crippen LogP contribution in [0.3, 0.4) is 0 Å². The Bertz CT molecular complexity index is 916. The Morgan fingerprint density at radius 1 is 1.16 bits per heavy atom. The molecule has 1 heterocycles. The lowest BCUT2D eigenvalue weighted by Gasteiger charge is -2.16. The van der Waals surface area contributed by atoms with Crippen molar-refractivity contribution in [1.29, 1.82) is 0 Å². The highest BCUT2D eigenvalue weighted by Gasteiger charge is 2.07. The summed E-state index contributed by atoms with van der Waals surface area (Å²) < 4.78 is 5.48. The van der Waals surface area contributed by atoms with Gasteiger partial charge in [0.25, 0.3) is 5.56 Å². The molecule has 1 N–H and O–H groups in total. The third-order valence-electron chi connectivity index (χ3n) is 3.83. The van der Waals surface area contributed by atoms with E-state index in [0.29, 0.717) is 24.4 Å². The number of benzene rings is 2. The molecule has 0 unspecified atom stereocenters. The predicted molar refractivity (Wildman–Crippen MR) is 99.7 cm³/mol. The molecule has 0 aliphatic carbocycles. The number of ether oxygens (including phenoxy) is 1. The van der Waals surface area contributed by atoms with E-state index in [1.807, 2.05) is 49.5 Å². The van der Waals surface area contributed by atoms with Crippen LogP contribution in [0.25, 0.3) is 10.9 Å². The number of para-hydroxylation sites is 1. The van der Waals surface area contributed by atoms with Gasteiger partial charge in [-0.3, -0.25) is 9.69 Å². The minimum absolute atomic E-state index is 0.0993. The summed E-state index contributed by atoms with van der Waals surface area (Å²) in [6, 6.07) is 15.3. The first kappa shape index (κ1) is 16.9. The van der Waals surface area contributed by atoms with Crippen molar-refractivity contribution in [3.05, 3.63) is 82.9 Å². The topological polar surface area (TPSA) is 58.2 Å². The molecule has 5 heteroatoms. The van der Waals surface area contributed by atoms with Crippen LogP contribution in [-0.2, 0) is 13.1 Å². The van der Waals surface area contributed by atoms with E-state index in [9.17, 15) is 4.79 Å². The van der Waals surface area contributed by atoms with Crippen molar-refractivity contribution in [1.82, 2.24) is 14.9 Å². The fourth-order valence-corrected chi connectivity index (χ4v) is 2.68. The summed E-state index contributed by atoms with van der Waals surface area (Å²) in [4.78, 5) is 21.6. The van der Waals surface area contributed by atoms with Crippen molar-refractivity contribution in [3.8, 4) is 5.75 Å². The largest absolute Gasteiger partial charge is 0.490 e. The maximum Gasteiger partial charge on any atom is 0.258 e. The number of fused-ring (bicyclic) bond motifs is 1. The van der Waals surface area contributed by atoms with Crippen LogP contribution < -0.4 is 10.3 Å². The highest BCUT2D eigenvalue weighted by Crippen LogP contribution is 2.14. The molecular weight excluding hydrogens is 314 g/mol. The second kappa shape index (κ2) is 7.77. The molecule has 2 aromatic carbocycles. The lowest BCUT2D eigenvalue weighted by molar-refractivity contribution is 0.310. The first-order chi connectivity index (χ1) is 12.2. The number of hydrogen-bond acceptors (Lipinski definition) is 4. The number of hydrogen-bond donors (Lipinski definition) is 1. The number of aromatic amines is 1. The molecule has 128 valence electrons.